The Bertz CT molecular complexity index is 727. The van der Waals surface area contributed by atoms with Gasteiger partial charge in [-0.05, 0) is 74.0 Å². The summed E-state index contributed by atoms with van der Waals surface area (Å²) < 4.78 is 0. The van der Waals surface area contributed by atoms with E-state index in [1.54, 1.807) is 0 Å². The van der Waals surface area contributed by atoms with Gasteiger partial charge in [0.25, 0.3) is 0 Å². The molecule has 0 spiro atoms. The largest absolute Gasteiger partial charge is 0.236 e. The third kappa shape index (κ3) is 6.39. The second-order valence-electron chi connectivity index (χ2n) is 9.16. The molecule has 2 nitrogen and oxygen atoms in total. The maximum absolute atomic E-state index is 4.76. The van der Waals surface area contributed by atoms with E-state index in [1.807, 2.05) is 0 Å². The smallest absolute Gasteiger partial charge is 0.159 e. The van der Waals surface area contributed by atoms with E-state index >= 15 is 0 Å². The van der Waals surface area contributed by atoms with Crippen molar-refractivity contribution in [2.24, 2.45) is 5.92 Å². The van der Waals surface area contributed by atoms with E-state index in [1.165, 1.54) is 99.3 Å². The lowest BCUT2D eigenvalue weighted by Crippen LogP contribution is -2.14. The first kappa shape index (κ1) is 22.0. The van der Waals surface area contributed by atoms with Crippen LogP contribution in [0.15, 0.2) is 30.6 Å². The first-order valence-electron chi connectivity index (χ1n) is 12.1. The number of aromatic nitrogens is 2. The standard InChI is InChI=1S/C27H40N2/c1-4-6-8-10-22-12-15-24(16-13-22)25-19-28-27(29-20-25)26-17-14-23(18-21(26)3)11-9-7-5-2/h14,17-20,22,24H,4-13,15-16H2,1-3H3/t22-,24-. The van der Waals surface area contributed by atoms with E-state index in [2.05, 4.69) is 51.4 Å². The molecule has 1 aromatic carbocycles. The molecule has 0 bridgehead atoms. The molecule has 158 valence electrons. The van der Waals surface area contributed by atoms with E-state index in [-0.39, 0.29) is 0 Å². The van der Waals surface area contributed by atoms with Crippen molar-refractivity contribution >= 4 is 0 Å². The Hall–Kier alpha value is -1.70. The van der Waals surface area contributed by atoms with E-state index in [4.69, 9.17) is 9.97 Å². The maximum Gasteiger partial charge on any atom is 0.159 e. The Labute approximate surface area is 178 Å². The molecule has 3 rings (SSSR count). The number of hydrogen-bond acceptors (Lipinski definition) is 2. The summed E-state index contributed by atoms with van der Waals surface area (Å²) in [6.45, 7) is 6.74. The monoisotopic (exact) mass is 392 g/mol. The molecule has 1 aromatic heterocycles. The second-order valence-corrected chi connectivity index (χ2v) is 9.16. The van der Waals surface area contributed by atoms with Gasteiger partial charge in [-0.15, -0.1) is 0 Å². The van der Waals surface area contributed by atoms with Gasteiger partial charge in [0.15, 0.2) is 5.82 Å². The highest BCUT2D eigenvalue weighted by atomic mass is 14.9. The van der Waals surface area contributed by atoms with Crippen LogP contribution in [0.2, 0.25) is 0 Å². The van der Waals surface area contributed by atoms with Gasteiger partial charge in [0, 0.05) is 18.0 Å². The van der Waals surface area contributed by atoms with Crippen molar-refractivity contribution < 1.29 is 0 Å². The summed E-state index contributed by atoms with van der Waals surface area (Å²) in [5.41, 5.74) is 5.25. The maximum atomic E-state index is 4.76. The lowest BCUT2D eigenvalue weighted by atomic mass is 9.77. The lowest BCUT2D eigenvalue weighted by Gasteiger charge is -2.28. The third-order valence-corrected chi connectivity index (χ3v) is 6.81. The molecule has 0 saturated heterocycles. The summed E-state index contributed by atoms with van der Waals surface area (Å²) in [6.07, 6.45) is 20.2. The van der Waals surface area contributed by atoms with E-state index < -0.39 is 0 Å². The summed E-state index contributed by atoms with van der Waals surface area (Å²) >= 11 is 0. The van der Waals surface area contributed by atoms with Crippen molar-refractivity contribution in [2.75, 3.05) is 0 Å². The molecule has 0 atom stereocenters. The molecule has 1 aliphatic rings. The molecule has 0 amide bonds. The van der Waals surface area contributed by atoms with Crippen LogP contribution in [0.1, 0.15) is 107 Å². The van der Waals surface area contributed by atoms with Gasteiger partial charge in [-0.3, -0.25) is 0 Å². The molecule has 2 heteroatoms. The average molecular weight is 393 g/mol. The van der Waals surface area contributed by atoms with Crippen LogP contribution in [0.3, 0.4) is 0 Å². The van der Waals surface area contributed by atoms with Crippen LogP contribution in [0.25, 0.3) is 11.4 Å². The van der Waals surface area contributed by atoms with Crippen molar-refractivity contribution in [3.05, 3.63) is 47.3 Å². The first-order valence-corrected chi connectivity index (χ1v) is 12.1. The molecule has 1 heterocycles. The van der Waals surface area contributed by atoms with Crippen LogP contribution >= 0.6 is 0 Å². The molecule has 0 aliphatic heterocycles. The van der Waals surface area contributed by atoms with Crippen molar-refractivity contribution in [3.63, 3.8) is 0 Å². The zero-order valence-electron chi connectivity index (χ0n) is 18.9. The van der Waals surface area contributed by atoms with Gasteiger partial charge < -0.3 is 0 Å². The van der Waals surface area contributed by atoms with Crippen LogP contribution in [0.5, 0.6) is 0 Å². The summed E-state index contributed by atoms with van der Waals surface area (Å²) in [6, 6.07) is 6.80. The number of nitrogens with zero attached hydrogens (tertiary/aromatic N) is 2. The number of rotatable bonds is 10. The highest BCUT2D eigenvalue weighted by Crippen LogP contribution is 2.37. The zero-order valence-corrected chi connectivity index (χ0v) is 18.9. The quantitative estimate of drug-likeness (QED) is 0.382. The predicted octanol–water partition coefficient (Wildman–Crippen LogP) is 8.04. The van der Waals surface area contributed by atoms with E-state index in [0.29, 0.717) is 5.92 Å². The summed E-state index contributed by atoms with van der Waals surface area (Å²) in [7, 11) is 0. The summed E-state index contributed by atoms with van der Waals surface area (Å²) in [5.74, 6) is 2.49. The van der Waals surface area contributed by atoms with Gasteiger partial charge in [0.1, 0.15) is 0 Å². The van der Waals surface area contributed by atoms with Gasteiger partial charge in [0.2, 0.25) is 0 Å². The molecule has 1 fully saturated rings. The van der Waals surface area contributed by atoms with Crippen LogP contribution < -0.4 is 0 Å². The summed E-state index contributed by atoms with van der Waals surface area (Å²) in [5, 5.41) is 0. The second kappa shape index (κ2) is 11.5. The molecule has 0 N–H and O–H groups in total. The van der Waals surface area contributed by atoms with Gasteiger partial charge >= 0.3 is 0 Å². The Kier molecular flexibility index (Phi) is 8.70. The Morgan fingerprint density at radius 3 is 2.21 bits per heavy atom. The molecule has 1 saturated carbocycles. The minimum atomic E-state index is 0.661. The van der Waals surface area contributed by atoms with Crippen LogP contribution in [-0.4, -0.2) is 9.97 Å². The lowest BCUT2D eigenvalue weighted by molar-refractivity contribution is 0.302. The SMILES string of the molecule is CCCCCc1ccc(-c2ncc([C@H]3CC[C@H](CCCCC)CC3)cn2)c(C)c1. The number of aryl methyl sites for hydroxylation is 2. The Balaban J connectivity index is 1.56. The van der Waals surface area contributed by atoms with Crippen molar-refractivity contribution in [2.45, 2.75) is 104 Å². The van der Waals surface area contributed by atoms with Crippen molar-refractivity contribution in [3.8, 4) is 11.4 Å². The molecule has 0 radical (unpaired) electrons. The minimum absolute atomic E-state index is 0.661. The fraction of sp³-hybridized carbons (Fsp3) is 0.630. The van der Waals surface area contributed by atoms with Crippen LogP contribution in [-0.2, 0) is 6.42 Å². The van der Waals surface area contributed by atoms with Crippen molar-refractivity contribution in [1.29, 1.82) is 0 Å². The average Bonchev–Trinajstić information content (AvgIpc) is 2.75. The Morgan fingerprint density at radius 2 is 1.55 bits per heavy atom. The number of hydrogen-bond donors (Lipinski definition) is 0. The molecular weight excluding hydrogens is 352 g/mol. The van der Waals surface area contributed by atoms with Gasteiger partial charge in [-0.25, -0.2) is 9.97 Å². The third-order valence-electron chi connectivity index (χ3n) is 6.81. The van der Waals surface area contributed by atoms with Gasteiger partial charge in [-0.1, -0.05) is 70.6 Å². The fourth-order valence-corrected chi connectivity index (χ4v) is 4.87. The number of unbranched alkanes of at least 4 members (excludes halogenated alkanes) is 4. The summed E-state index contributed by atoms with van der Waals surface area (Å²) in [4.78, 5) is 9.52. The van der Waals surface area contributed by atoms with Gasteiger partial charge in [-0.2, -0.15) is 0 Å². The van der Waals surface area contributed by atoms with Crippen LogP contribution in [0.4, 0.5) is 0 Å². The molecular formula is C27H40N2. The molecule has 29 heavy (non-hydrogen) atoms. The molecule has 2 aromatic rings. The van der Waals surface area contributed by atoms with E-state index in [9.17, 15) is 0 Å². The predicted molar refractivity (Wildman–Crippen MR) is 124 cm³/mol. The highest BCUT2D eigenvalue weighted by Gasteiger charge is 2.22. The van der Waals surface area contributed by atoms with Gasteiger partial charge in [0.05, 0.1) is 0 Å². The minimum Gasteiger partial charge on any atom is -0.236 e. The topological polar surface area (TPSA) is 25.8 Å². The van der Waals surface area contributed by atoms with Crippen molar-refractivity contribution in [1.82, 2.24) is 9.97 Å². The normalized spacial score (nSPS) is 19.4. The van der Waals surface area contributed by atoms with Crippen LogP contribution in [0, 0.1) is 12.8 Å². The Morgan fingerprint density at radius 1 is 0.862 bits per heavy atom. The number of benzene rings is 1. The highest BCUT2D eigenvalue weighted by molar-refractivity contribution is 5.60. The first-order chi connectivity index (χ1) is 14.2. The molecule has 0 unspecified atom stereocenters. The zero-order chi connectivity index (χ0) is 20.5. The van der Waals surface area contributed by atoms with E-state index in [0.717, 1.165) is 11.7 Å². The molecule has 1 aliphatic carbocycles. The fourth-order valence-electron chi connectivity index (χ4n) is 4.87.